The first-order chi connectivity index (χ1) is 14.0. The Hall–Kier alpha value is -3.11. The first-order valence-electron chi connectivity index (χ1n) is 8.33. The van der Waals surface area contributed by atoms with Crippen molar-refractivity contribution in [3.8, 4) is 11.5 Å². The average molecular weight is 477 g/mol. The molecule has 0 aliphatic heterocycles. The van der Waals surface area contributed by atoms with Crippen LogP contribution in [-0.4, -0.2) is 35.7 Å². The summed E-state index contributed by atoms with van der Waals surface area (Å²) in [4.78, 5) is 16.9. The van der Waals surface area contributed by atoms with Gasteiger partial charge in [-0.25, -0.2) is 18.7 Å². The number of halogens is 3. The third-order valence-corrected chi connectivity index (χ3v) is 4.58. The molecule has 0 radical (unpaired) electrons. The van der Waals surface area contributed by atoms with Crippen LogP contribution in [0.2, 0.25) is 5.02 Å². The number of benzene rings is 1. The van der Waals surface area contributed by atoms with Gasteiger partial charge >= 0.3 is 0 Å². The number of aromatic nitrogens is 6. The molecule has 0 saturated heterocycles. The van der Waals surface area contributed by atoms with E-state index in [9.17, 15) is 9.18 Å². The molecule has 11 heteroatoms. The minimum Gasteiger partial charge on any atom is -0.345 e. The smallest absolute Gasteiger partial charge is 0.270 e. The van der Waals surface area contributed by atoms with Gasteiger partial charge in [0.2, 0.25) is 0 Å². The molecule has 0 bridgehead atoms. The number of pyridine rings is 1. The molecule has 4 aromatic rings. The van der Waals surface area contributed by atoms with Crippen LogP contribution in [0.15, 0.2) is 59.5 Å². The first kappa shape index (κ1) is 19.2. The quantitative estimate of drug-likeness (QED) is 0.477. The van der Waals surface area contributed by atoms with Crippen LogP contribution in [0.4, 0.5) is 4.39 Å². The summed E-state index contributed by atoms with van der Waals surface area (Å²) in [6.07, 6.45) is 3.17. The van der Waals surface area contributed by atoms with Gasteiger partial charge in [0.25, 0.3) is 5.91 Å². The standard InChI is InChI=1S/C18H12BrClFN7O/c19-16-8-15(28(25-16)17-14(20)5-2-6-22-17)18(29)23-9-12-10-27(26-24-12)13-4-1-3-11(21)7-13/h1-8,10H,9H2,(H,23,29). The Labute approximate surface area is 177 Å². The summed E-state index contributed by atoms with van der Waals surface area (Å²) in [5.41, 5.74) is 1.28. The van der Waals surface area contributed by atoms with Crippen LogP contribution < -0.4 is 5.32 Å². The normalized spacial score (nSPS) is 10.9. The molecule has 0 spiro atoms. The SMILES string of the molecule is O=C(NCc1cn(-c2cccc(F)c2)nn1)c1cc(Br)nn1-c1ncccc1Cl. The molecule has 1 amide bonds. The molecule has 146 valence electrons. The number of carbonyl (C=O) groups is 1. The lowest BCUT2D eigenvalue weighted by atomic mass is 10.3. The Kier molecular flexibility index (Phi) is 5.36. The molecule has 1 N–H and O–H groups in total. The fourth-order valence-electron chi connectivity index (χ4n) is 2.59. The second kappa shape index (κ2) is 8.10. The molecule has 0 atom stereocenters. The van der Waals surface area contributed by atoms with E-state index >= 15 is 0 Å². The number of nitrogens with one attached hydrogen (secondary N) is 1. The Morgan fingerprint density at radius 3 is 2.90 bits per heavy atom. The highest BCUT2D eigenvalue weighted by Crippen LogP contribution is 2.21. The zero-order chi connectivity index (χ0) is 20.4. The van der Waals surface area contributed by atoms with Crippen molar-refractivity contribution in [1.82, 2.24) is 35.1 Å². The van der Waals surface area contributed by atoms with Crippen molar-refractivity contribution in [2.24, 2.45) is 0 Å². The number of rotatable bonds is 5. The Balaban J connectivity index is 1.51. The van der Waals surface area contributed by atoms with Gasteiger partial charge in [-0.05, 0) is 46.3 Å². The van der Waals surface area contributed by atoms with E-state index in [1.165, 1.54) is 21.5 Å². The van der Waals surface area contributed by atoms with Gasteiger partial charge in [0.15, 0.2) is 5.82 Å². The van der Waals surface area contributed by atoms with Gasteiger partial charge in [-0.3, -0.25) is 4.79 Å². The molecule has 4 rings (SSSR count). The maximum Gasteiger partial charge on any atom is 0.270 e. The van der Waals surface area contributed by atoms with Gasteiger partial charge in [-0.2, -0.15) is 5.10 Å². The fraction of sp³-hybridized carbons (Fsp3) is 0.0556. The molecular formula is C18H12BrClFN7O. The van der Waals surface area contributed by atoms with Crippen molar-refractivity contribution in [3.05, 3.63) is 81.7 Å². The molecule has 0 unspecified atom stereocenters. The third-order valence-electron chi connectivity index (χ3n) is 3.90. The van der Waals surface area contributed by atoms with Gasteiger partial charge in [0.1, 0.15) is 21.8 Å². The van der Waals surface area contributed by atoms with E-state index in [4.69, 9.17) is 11.6 Å². The Morgan fingerprint density at radius 1 is 1.24 bits per heavy atom. The lowest BCUT2D eigenvalue weighted by Gasteiger charge is -2.07. The second-order valence-electron chi connectivity index (χ2n) is 5.89. The highest BCUT2D eigenvalue weighted by atomic mass is 79.9. The molecule has 3 heterocycles. The van der Waals surface area contributed by atoms with Gasteiger partial charge in [0.05, 0.1) is 23.5 Å². The Bertz CT molecular complexity index is 1190. The van der Waals surface area contributed by atoms with Crippen molar-refractivity contribution in [2.45, 2.75) is 6.54 Å². The van der Waals surface area contributed by atoms with Gasteiger partial charge in [-0.1, -0.05) is 22.9 Å². The van der Waals surface area contributed by atoms with E-state index in [2.05, 4.69) is 41.6 Å². The molecular weight excluding hydrogens is 465 g/mol. The van der Waals surface area contributed by atoms with Crippen LogP contribution in [-0.2, 0) is 6.54 Å². The summed E-state index contributed by atoms with van der Waals surface area (Å²) in [6.45, 7) is 0.118. The van der Waals surface area contributed by atoms with Gasteiger partial charge in [-0.15, -0.1) is 5.10 Å². The van der Waals surface area contributed by atoms with Crippen molar-refractivity contribution < 1.29 is 9.18 Å². The van der Waals surface area contributed by atoms with Crippen LogP contribution in [0.25, 0.3) is 11.5 Å². The summed E-state index contributed by atoms with van der Waals surface area (Å²) in [7, 11) is 0. The van der Waals surface area contributed by atoms with Crippen molar-refractivity contribution in [3.63, 3.8) is 0 Å². The van der Waals surface area contributed by atoms with E-state index in [1.54, 1.807) is 42.7 Å². The van der Waals surface area contributed by atoms with Crippen molar-refractivity contribution in [1.29, 1.82) is 0 Å². The zero-order valence-electron chi connectivity index (χ0n) is 14.6. The lowest BCUT2D eigenvalue weighted by Crippen LogP contribution is -2.26. The minimum absolute atomic E-state index is 0.118. The molecule has 0 aliphatic carbocycles. The van der Waals surface area contributed by atoms with Crippen LogP contribution >= 0.6 is 27.5 Å². The minimum atomic E-state index is -0.398. The van der Waals surface area contributed by atoms with E-state index in [0.717, 1.165) is 0 Å². The monoisotopic (exact) mass is 475 g/mol. The average Bonchev–Trinajstić information content (AvgIpc) is 3.33. The number of amides is 1. The molecule has 0 fully saturated rings. The van der Waals surface area contributed by atoms with E-state index < -0.39 is 5.91 Å². The largest absolute Gasteiger partial charge is 0.345 e. The van der Waals surface area contributed by atoms with E-state index in [0.29, 0.717) is 26.8 Å². The summed E-state index contributed by atoms with van der Waals surface area (Å²) in [5.74, 6) is -0.438. The molecule has 0 saturated carbocycles. The maximum atomic E-state index is 13.4. The molecule has 0 aliphatic rings. The topological polar surface area (TPSA) is 90.5 Å². The summed E-state index contributed by atoms with van der Waals surface area (Å²) < 4.78 is 16.6. The van der Waals surface area contributed by atoms with Crippen LogP contribution in [0, 0.1) is 5.82 Å². The van der Waals surface area contributed by atoms with Crippen LogP contribution in [0.1, 0.15) is 16.2 Å². The summed E-state index contributed by atoms with van der Waals surface area (Å²) in [6, 6.07) is 10.9. The van der Waals surface area contributed by atoms with Crippen LogP contribution in [0.5, 0.6) is 0 Å². The Morgan fingerprint density at radius 2 is 2.10 bits per heavy atom. The highest BCUT2D eigenvalue weighted by Gasteiger charge is 2.18. The highest BCUT2D eigenvalue weighted by molar-refractivity contribution is 9.10. The molecule has 29 heavy (non-hydrogen) atoms. The van der Waals surface area contributed by atoms with E-state index in [-0.39, 0.29) is 18.1 Å². The van der Waals surface area contributed by atoms with Gasteiger partial charge < -0.3 is 5.32 Å². The number of hydrogen-bond donors (Lipinski definition) is 1. The fourth-order valence-corrected chi connectivity index (χ4v) is 3.17. The lowest BCUT2D eigenvalue weighted by molar-refractivity contribution is 0.0942. The second-order valence-corrected chi connectivity index (χ2v) is 7.11. The maximum absolute atomic E-state index is 13.4. The number of hydrogen-bond acceptors (Lipinski definition) is 5. The van der Waals surface area contributed by atoms with Crippen LogP contribution in [0.3, 0.4) is 0 Å². The summed E-state index contributed by atoms with van der Waals surface area (Å²) in [5, 5.41) is 15.3. The molecule has 8 nitrogen and oxygen atoms in total. The zero-order valence-corrected chi connectivity index (χ0v) is 17.0. The van der Waals surface area contributed by atoms with E-state index in [1.807, 2.05) is 0 Å². The van der Waals surface area contributed by atoms with Crippen molar-refractivity contribution >= 4 is 33.4 Å². The predicted octanol–water partition coefficient (Wildman–Crippen LogP) is 3.33. The number of carbonyl (C=O) groups excluding carboxylic acids is 1. The first-order valence-corrected chi connectivity index (χ1v) is 9.50. The predicted molar refractivity (Wildman–Crippen MR) is 107 cm³/mol. The van der Waals surface area contributed by atoms with Gasteiger partial charge in [0, 0.05) is 12.3 Å². The molecule has 3 aromatic heterocycles. The molecule has 1 aromatic carbocycles. The summed E-state index contributed by atoms with van der Waals surface area (Å²) >= 11 is 9.44. The number of nitrogens with zero attached hydrogens (tertiary/aromatic N) is 6. The third kappa shape index (κ3) is 4.17. The van der Waals surface area contributed by atoms with Crippen molar-refractivity contribution in [2.75, 3.05) is 0 Å².